The Morgan fingerprint density at radius 3 is 2.60 bits per heavy atom. The Kier molecular flexibility index (Phi) is 3.84. The van der Waals surface area contributed by atoms with E-state index in [1.165, 1.54) is 12.3 Å². The third-order valence-electron chi connectivity index (χ3n) is 4.31. The molecule has 8 heteroatoms. The molecule has 1 saturated heterocycles. The van der Waals surface area contributed by atoms with Crippen LogP contribution in [0.2, 0.25) is 0 Å². The van der Waals surface area contributed by atoms with Crippen molar-refractivity contribution in [3.63, 3.8) is 0 Å². The topological polar surface area (TPSA) is 45.5 Å². The van der Waals surface area contributed by atoms with Gasteiger partial charge in [-0.25, -0.2) is 9.97 Å². The van der Waals surface area contributed by atoms with E-state index in [1.54, 1.807) is 40.0 Å². The highest BCUT2D eigenvalue weighted by Crippen LogP contribution is 2.37. The molecule has 0 aliphatic carbocycles. The molecule has 130 valence electrons. The zero-order valence-corrected chi connectivity index (χ0v) is 13.3. The zero-order valence-electron chi connectivity index (χ0n) is 13.3. The molecule has 4 rings (SSSR count). The molecule has 0 aromatic carbocycles. The summed E-state index contributed by atoms with van der Waals surface area (Å²) in [5, 5.41) is 3.14. The second kappa shape index (κ2) is 6.03. The third kappa shape index (κ3) is 3.05. The van der Waals surface area contributed by atoms with Crippen molar-refractivity contribution in [2.45, 2.75) is 6.18 Å². The number of alkyl halides is 3. The maximum Gasteiger partial charge on any atom is 0.419 e. The fourth-order valence-corrected chi connectivity index (χ4v) is 3.04. The standard InChI is InChI=1S/C17H16F3N5/c18-17(19,20)14-9-13(10-23-16(14)24-6-3-21-4-7-24)12-1-2-15-22-5-8-25(15)11-12/h1-2,5,8-11,21H,3-4,6-7H2. The van der Waals surface area contributed by atoms with Crippen molar-refractivity contribution in [1.29, 1.82) is 0 Å². The first-order chi connectivity index (χ1) is 12.0. The predicted molar refractivity (Wildman–Crippen MR) is 88.5 cm³/mol. The van der Waals surface area contributed by atoms with Crippen LogP contribution in [0.3, 0.4) is 0 Å². The molecule has 4 heterocycles. The summed E-state index contributed by atoms with van der Waals surface area (Å²) in [6.07, 6.45) is 2.20. The quantitative estimate of drug-likeness (QED) is 0.774. The summed E-state index contributed by atoms with van der Waals surface area (Å²) in [5.41, 5.74) is 1.14. The van der Waals surface area contributed by atoms with Gasteiger partial charge in [0.15, 0.2) is 0 Å². The normalized spacial score (nSPS) is 15.7. The van der Waals surface area contributed by atoms with Crippen LogP contribution in [0.15, 0.2) is 43.0 Å². The van der Waals surface area contributed by atoms with Crippen LogP contribution >= 0.6 is 0 Å². The number of fused-ring (bicyclic) bond motifs is 1. The average Bonchev–Trinajstić information content (AvgIpc) is 3.09. The van der Waals surface area contributed by atoms with E-state index >= 15 is 0 Å². The highest BCUT2D eigenvalue weighted by molar-refractivity contribution is 5.67. The Morgan fingerprint density at radius 2 is 1.84 bits per heavy atom. The molecule has 1 fully saturated rings. The minimum atomic E-state index is -4.46. The molecule has 5 nitrogen and oxygen atoms in total. The molecule has 0 bridgehead atoms. The average molecular weight is 347 g/mol. The van der Waals surface area contributed by atoms with Crippen LogP contribution in [0.25, 0.3) is 16.8 Å². The summed E-state index contributed by atoms with van der Waals surface area (Å²) in [4.78, 5) is 9.99. The molecule has 3 aromatic rings. The molecule has 0 radical (unpaired) electrons. The van der Waals surface area contributed by atoms with Crippen LogP contribution < -0.4 is 10.2 Å². The predicted octanol–water partition coefficient (Wildman–Crippen LogP) is 2.82. The Morgan fingerprint density at radius 1 is 1.04 bits per heavy atom. The minimum Gasteiger partial charge on any atom is -0.354 e. The summed E-state index contributed by atoms with van der Waals surface area (Å²) < 4.78 is 42.6. The van der Waals surface area contributed by atoms with E-state index in [9.17, 15) is 13.2 Å². The lowest BCUT2D eigenvalue weighted by Gasteiger charge is -2.30. The number of anilines is 1. The van der Waals surface area contributed by atoms with E-state index in [-0.39, 0.29) is 5.82 Å². The summed E-state index contributed by atoms with van der Waals surface area (Å²) >= 11 is 0. The molecule has 0 saturated carbocycles. The van der Waals surface area contributed by atoms with Crippen molar-refractivity contribution in [3.8, 4) is 11.1 Å². The highest BCUT2D eigenvalue weighted by Gasteiger charge is 2.36. The van der Waals surface area contributed by atoms with E-state index in [4.69, 9.17) is 0 Å². The van der Waals surface area contributed by atoms with Crippen molar-refractivity contribution in [3.05, 3.63) is 48.5 Å². The van der Waals surface area contributed by atoms with Gasteiger partial charge in [-0.15, -0.1) is 0 Å². The van der Waals surface area contributed by atoms with Gasteiger partial charge in [0.2, 0.25) is 0 Å². The van der Waals surface area contributed by atoms with Crippen LogP contribution in [0, 0.1) is 0 Å². The third-order valence-corrected chi connectivity index (χ3v) is 4.31. The molecule has 0 atom stereocenters. The van der Waals surface area contributed by atoms with Crippen molar-refractivity contribution in [2.24, 2.45) is 0 Å². The second-order valence-electron chi connectivity index (χ2n) is 5.94. The maximum absolute atomic E-state index is 13.6. The number of hydrogen-bond donors (Lipinski definition) is 1. The van der Waals surface area contributed by atoms with E-state index in [0.29, 0.717) is 37.3 Å². The molecule has 1 N–H and O–H groups in total. The first kappa shape index (κ1) is 15.9. The molecular formula is C17H16F3N5. The Bertz CT molecular complexity index is 897. The number of rotatable bonds is 2. The number of aromatic nitrogens is 3. The van der Waals surface area contributed by atoms with E-state index < -0.39 is 11.7 Å². The van der Waals surface area contributed by atoms with E-state index in [2.05, 4.69) is 15.3 Å². The number of imidazole rings is 1. The SMILES string of the molecule is FC(F)(F)c1cc(-c2ccc3nccn3c2)cnc1N1CCNCC1. The van der Waals surface area contributed by atoms with Crippen molar-refractivity contribution in [1.82, 2.24) is 19.7 Å². The smallest absolute Gasteiger partial charge is 0.354 e. The molecule has 1 aliphatic heterocycles. The fourth-order valence-electron chi connectivity index (χ4n) is 3.04. The molecular weight excluding hydrogens is 331 g/mol. The number of nitrogens with one attached hydrogen (secondary N) is 1. The number of piperazine rings is 1. The van der Waals surface area contributed by atoms with Gasteiger partial charge in [-0.05, 0) is 18.2 Å². The van der Waals surface area contributed by atoms with Gasteiger partial charge in [0.05, 0.1) is 5.56 Å². The van der Waals surface area contributed by atoms with Crippen LogP contribution in [-0.2, 0) is 6.18 Å². The Labute approximate surface area is 142 Å². The van der Waals surface area contributed by atoms with Gasteiger partial charge in [0.25, 0.3) is 0 Å². The molecule has 25 heavy (non-hydrogen) atoms. The van der Waals surface area contributed by atoms with Crippen molar-refractivity contribution < 1.29 is 13.2 Å². The summed E-state index contributed by atoms with van der Waals surface area (Å²) in [6, 6.07) is 4.71. The van der Waals surface area contributed by atoms with E-state index in [1.807, 2.05) is 0 Å². The Hall–Kier alpha value is -2.61. The monoisotopic (exact) mass is 347 g/mol. The number of nitrogens with zero attached hydrogens (tertiary/aromatic N) is 4. The first-order valence-corrected chi connectivity index (χ1v) is 7.98. The fraction of sp³-hybridized carbons (Fsp3) is 0.294. The van der Waals surface area contributed by atoms with Gasteiger partial charge in [0, 0.05) is 62.1 Å². The lowest BCUT2D eigenvalue weighted by atomic mass is 10.1. The van der Waals surface area contributed by atoms with Crippen LogP contribution in [0.5, 0.6) is 0 Å². The molecule has 0 amide bonds. The van der Waals surface area contributed by atoms with Crippen LogP contribution in [0.4, 0.5) is 19.0 Å². The maximum atomic E-state index is 13.6. The number of halogens is 3. The van der Waals surface area contributed by atoms with Gasteiger partial charge >= 0.3 is 6.18 Å². The first-order valence-electron chi connectivity index (χ1n) is 7.98. The van der Waals surface area contributed by atoms with Gasteiger partial charge in [-0.1, -0.05) is 0 Å². The number of hydrogen-bond acceptors (Lipinski definition) is 4. The molecule has 1 aliphatic rings. The molecule has 0 spiro atoms. The summed E-state index contributed by atoms with van der Waals surface area (Å²) in [6.45, 7) is 2.32. The lowest BCUT2D eigenvalue weighted by molar-refractivity contribution is -0.137. The van der Waals surface area contributed by atoms with Gasteiger partial charge < -0.3 is 14.6 Å². The second-order valence-corrected chi connectivity index (χ2v) is 5.94. The zero-order chi connectivity index (χ0) is 17.4. The summed E-state index contributed by atoms with van der Waals surface area (Å²) in [5.74, 6) is 0.00135. The largest absolute Gasteiger partial charge is 0.419 e. The van der Waals surface area contributed by atoms with Crippen LogP contribution in [0.1, 0.15) is 5.56 Å². The van der Waals surface area contributed by atoms with Crippen molar-refractivity contribution in [2.75, 3.05) is 31.1 Å². The molecule has 3 aromatic heterocycles. The Balaban J connectivity index is 1.78. The van der Waals surface area contributed by atoms with Gasteiger partial charge in [0.1, 0.15) is 11.5 Å². The van der Waals surface area contributed by atoms with Crippen molar-refractivity contribution >= 4 is 11.5 Å². The van der Waals surface area contributed by atoms with E-state index in [0.717, 1.165) is 5.65 Å². The van der Waals surface area contributed by atoms with Gasteiger partial charge in [-0.3, -0.25) is 0 Å². The number of pyridine rings is 2. The molecule has 0 unspecified atom stereocenters. The summed E-state index contributed by atoms with van der Waals surface area (Å²) in [7, 11) is 0. The minimum absolute atomic E-state index is 0.00135. The van der Waals surface area contributed by atoms with Crippen LogP contribution in [-0.4, -0.2) is 40.5 Å². The highest BCUT2D eigenvalue weighted by atomic mass is 19.4. The van der Waals surface area contributed by atoms with Gasteiger partial charge in [-0.2, -0.15) is 13.2 Å². The lowest BCUT2D eigenvalue weighted by Crippen LogP contribution is -2.44.